The lowest BCUT2D eigenvalue weighted by molar-refractivity contribution is 0.232. The van der Waals surface area contributed by atoms with Gasteiger partial charge in [0.05, 0.1) is 6.10 Å². The van der Waals surface area contributed by atoms with E-state index in [2.05, 4.69) is 20.0 Å². The summed E-state index contributed by atoms with van der Waals surface area (Å²) >= 11 is 0. The highest BCUT2D eigenvalue weighted by Crippen LogP contribution is 2.11. The average molecular weight is 179 g/mol. The maximum atomic E-state index is 8.13. The highest BCUT2D eigenvalue weighted by atomic mass is 16.5. The maximum absolute atomic E-state index is 8.13. The van der Waals surface area contributed by atoms with Crippen LogP contribution in [0.15, 0.2) is 17.4 Å². The molecule has 1 aromatic rings. The second kappa shape index (κ2) is 4.27. The molecule has 0 aliphatic heterocycles. The van der Waals surface area contributed by atoms with Gasteiger partial charge in [-0.05, 0) is 24.5 Å². The zero-order valence-corrected chi connectivity index (χ0v) is 7.38. The molecule has 0 amide bonds. The number of aromatic nitrogens is 2. The lowest BCUT2D eigenvalue weighted by Crippen LogP contribution is -2.06. The van der Waals surface area contributed by atoms with Crippen molar-refractivity contribution >= 4 is 5.95 Å². The molecule has 1 aromatic heterocycles. The van der Waals surface area contributed by atoms with Crippen LogP contribution in [0, 0.1) is 0 Å². The van der Waals surface area contributed by atoms with Gasteiger partial charge in [0.1, 0.15) is 0 Å². The first-order valence-electron chi connectivity index (χ1n) is 3.77. The minimum Gasteiger partial charge on any atom is -0.475 e. The lowest BCUT2D eigenvalue weighted by atomic mass is 10.5. The monoisotopic (exact) mass is 179 g/mol. The molecule has 0 saturated carbocycles. The highest BCUT2D eigenvalue weighted by molar-refractivity contribution is 5.20. The van der Waals surface area contributed by atoms with Gasteiger partial charge in [-0.2, -0.15) is 4.98 Å². The predicted molar refractivity (Wildman–Crippen MR) is 46.6 cm³/mol. The Labute approximate surface area is 75.2 Å². The first-order chi connectivity index (χ1) is 6.22. The molecule has 0 bridgehead atoms. The summed E-state index contributed by atoms with van der Waals surface area (Å²) in [4.78, 5) is 10.1. The number of azide groups is 1. The quantitative estimate of drug-likeness (QED) is 0.405. The van der Waals surface area contributed by atoms with Gasteiger partial charge in [0.15, 0.2) is 0 Å². The molecule has 6 heteroatoms. The summed E-state index contributed by atoms with van der Waals surface area (Å²) in [5, 5.41) is 3.25. The number of rotatable bonds is 3. The standard InChI is InChI=1S/C7H9N5O/c1-5(2)13-6-3-4-9-7(10-6)11-12-8/h3-5H,1-2H3. The van der Waals surface area contributed by atoms with Crippen molar-refractivity contribution in [3.05, 3.63) is 22.7 Å². The van der Waals surface area contributed by atoms with E-state index in [4.69, 9.17) is 10.3 Å². The molecule has 1 heterocycles. The molecule has 6 nitrogen and oxygen atoms in total. The van der Waals surface area contributed by atoms with Crippen LogP contribution in [0.3, 0.4) is 0 Å². The Morgan fingerprint density at radius 1 is 1.62 bits per heavy atom. The third-order valence-corrected chi connectivity index (χ3v) is 1.11. The molecule has 0 spiro atoms. The van der Waals surface area contributed by atoms with Gasteiger partial charge in [-0.1, -0.05) is 0 Å². The van der Waals surface area contributed by atoms with Gasteiger partial charge >= 0.3 is 0 Å². The van der Waals surface area contributed by atoms with Gasteiger partial charge in [-0.15, -0.1) is 0 Å². The Bertz CT molecular complexity index is 331. The Balaban J connectivity index is 2.85. The predicted octanol–water partition coefficient (Wildman–Crippen LogP) is 2.21. The van der Waals surface area contributed by atoms with E-state index in [-0.39, 0.29) is 12.1 Å². The molecule has 1 rings (SSSR count). The van der Waals surface area contributed by atoms with E-state index in [0.29, 0.717) is 5.88 Å². The summed E-state index contributed by atoms with van der Waals surface area (Å²) in [7, 11) is 0. The van der Waals surface area contributed by atoms with Crippen molar-refractivity contribution in [3.8, 4) is 5.88 Å². The second-order valence-electron chi connectivity index (χ2n) is 2.55. The molecule has 0 saturated heterocycles. The van der Waals surface area contributed by atoms with Gasteiger partial charge in [-0.3, -0.25) is 0 Å². The molecule has 0 aliphatic carbocycles. The zero-order valence-electron chi connectivity index (χ0n) is 7.38. The summed E-state index contributed by atoms with van der Waals surface area (Å²) in [6.45, 7) is 3.77. The fourth-order valence-electron chi connectivity index (χ4n) is 0.728. The highest BCUT2D eigenvalue weighted by Gasteiger charge is 1.99. The van der Waals surface area contributed by atoms with Crippen molar-refractivity contribution in [1.29, 1.82) is 0 Å². The minimum absolute atomic E-state index is 0.0359. The van der Waals surface area contributed by atoms with Crippen molar-refractivity contribution < 1.29 is 4.74 Å². The van der Waals surface area contributed by atoms with E-state index in [1.54, 1.807) is 6.07 Å². The molecule has 0 N–H and O–H groups in total. The molecule has 0 aliphatic rings. The van der Waals surface area contributed by atoms with Crippen LogP contribution in [0.4, 0.5) is 5.95 Å². The first-order valence-corrected chi connectivity index (χ1v) is 3.77. The topological polar surface area (TPSA) is 83.8 Å². The maximum Gasteiger partial charge on any atom is 0.219 e. The van der Waals surface area contributed by atoms with Gasteiger partial charge in [0.2, 0.25) is 11.8 Å². The Morgan fingerprint density at radius 3 is 3.00 bits per heavy atom. The number of hydrogen-bond donors (Lipinski definition) is 0. The Kier molecular flexibility index (Phi) is 3.05. The largest absolute Gasteiger partial charge is 0.475 e. The van der Waals surface area contributed by atoms with Crippen molar-refractivity contribution in [2.45, 2.75) is 20.0 Å². The summed E-state index contributed by atoms with van der Waals surface area (Å²) in [6, 6.07) is 1.61. The van der Waals surface area contributed by atoms with Crippen LogP contribution in [0.1, 0.15) is 13.8 Å². The van der Waals surface area contributed by atoms with Crippen LogP contribution in [0.25, 0.3) is 10.4 Å². The van der Waals surface area contributed by atoms with Crippen molar-refractivity contribution in [3.63, 3.8) is 0 Å². The van der Waals surface area contributed by atoms with Crippen LogP contribution >= 0.6 is 0 Å². The van der Waals surface area contributed by atoms with E-state index in [9.17, 15) is 0 Å². The molecule has 13 heavy (non-hydrogen) atoms. The van der Waals surface area contributed by atoms with Crippen LogP contribution in [0.5, 0.6) is 5.88 Å². The Hall–Kier alpha value is -1.81. The van der Waals surface area contributed by atoms with E-state index < -0.39 is 0 Å². The average Bonchev–Trinajstić information content (AvgIpc) is 2.04. The first kappa shape index (κ1) is 9.28. The summed E-state index contributed by atoms with van der Waals surface area (Å²) in [5.74, 6) is 0.480. The third kappa shape index (κ3) is 2.96. The fraction of sp³-hybridized carbons (Fsp3) is 0.429. The van der Waals surface area contributed by atoms with E-state index >= 15 is 0 Å². The number of hydrogen-bond acceptors (Lipinski definition) is 4. The summed E-state index contributed by atoms with van der Waals surface area (Å²) < 4.78 is 5.27. The summed E-state index contributed by atoms with van der Waals surface area (Å²) in [6.07, 6.45) is 1.52. The van der Waals surface area contributed by atoms with Gasteiger partial charge in [0.25, 0.3) is 0 Å². The zero-order chi connectivity index (χ0) is 9.68. The molecule has 0 radical (unpaired) electrons. The second-order valence-corrected chi connectivity index (χ2v) is 2.55. The van der Waals surface area contributed by atoms with Crippen LogP contribution in [-0.2, 0) is 0 Å². The van der Waals surface area contributed by atoms with Gasteiger partial charge < -0.3 is 4.74 Å². The van der Waals surface area contributed by atoms with E-state index in [1.807, 2.05) is 13.8 Å². The Morgan fingerprint density at radius 2 is 2.38 bits per heavy atom. The molecule has 0 atom stereocenters. The smallest absolute Gasteiger partial charge is 0.219 e. The molecule has 0 fully saturated rings. The van der Waals surface area contributed by atoms with Crippen LogP contribution < -0.4 is 4.74 Å². The molecule has 0 unspecified atom stereocenters. The SMILES string of the molecule is CC(C)Oc1ccnc(N=[N+]=[N-])n1. The van der Waals surface area contributed by atoms with Gasteiger partial charge in [0, 0.05) is 17.2 Å². The third-order valence-electron chi connectivity index (χ3n) is 1.11. The van der Waals surface area contributed by atoms with Crippen molar-refractivity contribution in [2.24, 2.45) is 5.11 Å². The molecule has 68 valence electrons. The van der Waals surface area contributed by atoms with Crippen LogP contribution in [0.2, 0.25) is 0 Å². The van der Waals surface area contributed by atoms with Crippen molar-refractivity contribution in [1.82, 2.24) is 9.97 Å². The van der Waals surface area contributed by atoms with Gasteiger partial charge in [-0.25, -0.2) is 4.98 Å². The molecular formula is C7H9N5O. The lowest BCUT2D eigenvalue weighted by Gasteiger charge is -2.07. The molecular weight excluding hydrogens is 170 g/mol. The minimum atomic E-state index is 0.0359. The van der Waals surface area contributed by atoms with E-state index in [0.717, 1.165) is 0 Å². The number of nitrogens with zero attached hydrogens (tertiary/aromatic N) is 5. The fourth-order valence-corrected chi connectivity index (χ4v) is 0.728. The van der Waals surface area contributed by atoms with Crippen LogP contribution in [-0.4, -0.2) is 16.1 Å². The van der Waals surface area contributed by atoms with E-state index in [1.165, 1.54) is 6.20 Å². The normalized spacial score (nSPS) is 9.46. The molecule has 0 aromatic carbocycles. The number of ether oxygens (including phenoxy) is 1. The summed E-state index contributed by atoms with van der Waals surface area (Å²) in [5.41, 5.74) is 8.13. The van der Waals surface area contributed by atoms with Crippen molar-refractivity contribution in [2.75, 3.05) is 0 Å².